The lowest BCUT2D eigenvalue weighted by Crippen LogP contribution is -2.51. The average molecular weight is 378 g/mol. The highest BCUT2D eigenvalue weighted by molar-refractivity contribution is 5.86. The van der Waals surface area contributed by atoms with E-state index in [9.17, 15) is 14.0 Å². The van der Waals surface area contributed by atoms with Crippen LogP contribution < -0.4 is 10.6 Å². The van der Waals surface area contributed by atoms with Gasteiger partial charge in [-0.3, -0.25) is 4.79 Å². The third kappa shape index (κ3) is 5.67. The molecule has 0 radical (unpaired) electrons. The summed E-state index contributed by atoms with van der Waals surface area (Å²) < 4.78 is 18.5. The molecule has 1 unspecified atom stereocenters. The molecular formula is C19H27FN4O3. The second-order valence-corrected chi connectivity index (χ2v) is 7.88. The number of nitrogens with zero attached hydrogens (tertiary/aromatic N) is 1. The van der Waals surface area contributed by atoms with Crippen molar-refractivity contribution >= 4 is 23.0 Å². The molecule has 0 saturated carbocycles. The van der Waals surface area contributed by atoms with E-state index >= 15 is 0 Å². The highest BCUT2D eigenvalue weighted by Crippen LogP contribution is 2.17. The summed E-state index contributed by atoms with van der Waals surface area (Å²) in [7, 11) is 0. The fourth-order valence-electron chi connectivity index (χ4n) is 2.54. The van der Waals surface area contributed by atoms with Gasteiger partial charge >= 0.3 is 6.09 Å². The Labute approximate surface area is 158 Å². The molecule has 0 aliphatic rings. The molecule has 0 spiro atoms. The van der Waals surface area contributed by atoms with E-state index in [1.165, 1.54) is 12.1 Å². The van der Waals surface area contributed by atoms with Gasteiger partial charge in [0.15, 0.2) is 0 Å². The number of nitrogens with one attached hydrogen (secondary N) is 3. The largest absolute Gasteiger partial charge is 0.444 e. The third-order valence-electron chi connectivity index (χ3n) is 3.85. The normalized spacial score (nSPS) is 14.1. The first-order valence-corrected chi connectivity index (χ1v) is 8.91. The van der Waals surface area contributed by atoms with Gasteiger partial charge in [-0.05, 0) is 45.7 Å². The van der Waals surface area contributed by atoms with E-state index in [-0.39, 0.29) is 17.6 Å². The number of H-pyrrole nitrogens is 1. The van der Waals surface area contributed by atoms with Crippen LogP contribution in [0.25, 0.3) is 11.0 Å². The van der Waals surface area contributed by atoms with Crippen LogP contribution in [0.2, 0.25) is 0 Å². The average Bonchev–Trinajstić information content (AvgIpc) is 2.93. The minimum Gasteiger partial charge on any atom is -0.444 e. The molecule has 0 aliphatic heterocycles. The molecule has 0 aliphatic carbocycles. The number of carbonyl (C=O) groups excluding carboxylic acids is 2. The summed E-state index contributed by atoms with van der Waals surface area (Å²) in [6.07, 6.45) is -0.650. The van der Waals surface area contributed by atoms with E-state index in [0.29, 0.717) is 16.9 Å². The minimum atomic E-state index is -0.760. The van der Waals surface area contributed by atoms with Gasteiger partial charge in [0.05, 0.1) is 17.1 Å². The lowest BCUT2D eigenvalue weighted by Gasteiger charge is -2.26. The number of ether oxygens (including phenoxy) is 1. The molecule has 3 N–H and O–H groups in total. The number of halogens is 1. The second-order valence-electron chi connectivity index (χ2n) is 7.88. The van der Waals surface area contributed by atoms with Crippen LogP contribution in [0.3, 0.4) is 0 Å². The highest BCUT2D eigenvalue weighted by Gasteiger charge is 2.28. The Morgan fingerprint density at radius 2 is 1.85 bits per heavy atom. The van der Waals surface area contributed by atoms with E-state index < -0.39 is 23.8 Å². The Morgan fingerprint density at radius 3 is 2.44 bits per heavy atom. The maximum absolute atomic E-state index is 13.3. The maximum Gasteiger partial charge on any atom is 0.408 e. The van der Waals surface area contributed by atoms with Gasteiger partial charge in [-0.2, -0.15) is 0 Å². The number of benzene rings is 1. The van der Waals surface area contributed by atoms with Crippen LogP contribution in [0.1, 0.15) is 53.4 Å². The van der Waals surface area contributed by atoms with Crippen molar-refractivity contribution in [3.63, 3.8) is 0 Å². The molecule has 1 aromatic heterocycles. The van der Waals surface area contributed by atoms with Gasteiger partial charge in [0.1, 0.15) is 23.3 Å². The third-order valence-corrected chi connectivity index (χ3v) is 3.85. The lowest BCUT2D eigenvalue weighted by atomic mass is 10.0. The summed E-state index contributed by atoms with van der Waals surface area (Å²) in [6.45, 7) is 10.7. The Morgan fingerprint density at radius 1 is 1.19 bits per heavy atom. The smallest absolute Gasteiger partial charge is 0.408 e. The number of hydrogen-bond donors (Lipinski definition) is 3. The molecule has 2 rings (SSSR count). The number of amides is 2. The van der Waals surface area contributed by atoms with Gasteiger partial charge in [0, 0.05) is 6.07 Å². The van der Waals surface area contributed by atoms with E-state index in [1.807, 2.05) is 13.8 Å². The van der Waals surface area contributed by atoms with Crippen LogP contribution in [0.4, 0.5) is 9.18 Å². The van der Waals surface area contributed by atoms with Crippen LogP contribution in [-0.2, 0) is 9.53 Å². The molecule has 0 saturated heterocycles. The van der Waals surface area contributed by atoms with Gasteiger partial charge in [0.2, 0.25) is 5.91 Å². The van der Waals surface area contributed by atoms with Crippen molar-refractivity contribution in [3.05, 3.63) is 29.8 Å². The number of hydrogen-bond acceptors (Lipinski definition) is 4. The zero-order chi connectivity index (χ0) is 20.4. The summed E-state index contributed by atoms with van der Waals surface area (Å²) >= 11 is 0. The van der Waals surface area contributed by atoms with Gasteiger partial charge in [0.25, 0.3) is 0 Å². The van der Waals surface area contributed by atoms with E-state index in [1.54, 1.807) is 33.8 Å². The summed E-state index contributed by atoms with van der Waals surface area (Å²) in [5, 5.41) is 5.43. The molecule has 1 aromatic carbocycles. The molecule has 148 valence electrons. The van der Waals surface area contributed by atoms with Crippen molar-refractivity contribution < 1.29 is 18.7 Å². The van der Waals surface area contributed by atoms with Gasteiger partial charge in [-0.1, -0.05) is 13.8 Å². The molecule has 8 heteroatoms. The van der Waals surface area contributed by atoms with E-state index in [2.05, 4.69) is 20.6 Å². The Bertz CT molecular complexity index is 826. The Kier molecular flexibility index (Phi) is 6.08. The molecule has 0 bridgehead atoms. The fourth-order valence-corrected chi connectivity index (χ4v) is 2.54. The molecule has 7 nitrogen and oxygen atoms in total. The molecule has 2 aromatic rings. The highest BCUT2D eigenvalue weighted by atomic mass is 19.1. The number of aromatic nitrogens is 2. The first kappa shape index (κ1) is 20.7. The van der Waals surface area contributed by atoms with Crippen molar-refractivity contribution in [2.45, 2.75) is 59.2 Å². The van der Waals surface area contributed by atoms with Crippen LogP contribution in [-0.4, -0.2) is 33.6 Å². The summed E-state index contributed by atoms with van der Waals surface area (Å²) in [4.78, 5) is 32.1. The number of carbonyl (C=O) groups is 2. The van der Waals surface area contributed by atoms with Crippen LogP contribution in [0.5, 0.6) is 0 Å². The minimum absolute atomic E-state index is 0.144. The first-order chi connectivity index (χ1) is 12.5. The predicted molar refractivity (Wildman–Crippen MR) is 101 cm³/mol. The molecule has 1 heterocycles. The molecule has 2 amide bonds. The van der Waals surface area contributed by atoms with E-state index in [0.717, 1.165) is 0 Å². The van der Waals surface area contributed by atoms with Crippen molar-refractivity contribution in [1.29, 1.82) is 0 Å². The molecular weight excluding hydrogens is 351 g/mol. The first-order valence-electron chi connectivity index (χ1n) is 8.91. The van der Waals surface area contributed by atoms with Crippen LogP contribution >= 0.6 is 0 Å². The summed E-state index contributed by atoms with van der Waals surface area (Å²) in [5.41, 5.74) is 0.511. The lowest BCUT2D eigenvalue weighted by molar-refractivity contribution is -0.124. The topological polar surface area (TPSA) is 96.1 Å². The fraction of sp³-hybridized carbons (Fsp3) is 0.526. The predicted octanol–water partition coefficient (Wildman–Crippen LogP) is 3.43. The van der Waals surface area contributed by atoms with Crippen LogP contribution in [0.15, 0.2) is 18.2 Å². The number of alkyl carbamates (subject to hydrolysis) is 1. The summed E-state index contributed by atoms with van der Waals surface area (Å²) in [5.74, 6) is -0.369. The monoisotopic (exact) mass is 378 g/mol. The van der Waals surface area contributed by atoms with E-state index in [4.69, 9.17) is 4.74 Å². The second kappa shape index (κ2) is 7.94. The van der Waals surface area contributed by atoms with Crippen molar-refractivity contribution in [1.82, 2.24) is 20.6 Å². The van der Waals surface area contributed by atoms with Gasteiger partial charge < -0.3 is 20.4 Å². The molecule has 2 atom stereocenters. The Balaban J connectivity index is 2.07. The maximum atomic E-state index is 13.3. The molecule has 27 heavy (non-hydrogen) atoms. The summed E-state index contributed by atoms with van der Waals surface area (Å²) in [6, 6.07) is 3.05. The number of imidazole rings is 1. The SMILES string of the molecule is CC(NC(=O)[C@@H](NC(=O)OC(C)(C)C)C(C)C)c1nc2cc(F)ccc2[nH]1. The van der Waals surface area contributed by atoms with Gasteiger partial charge in [-0.15, -0.1) is 0 Å². The van der Waals surface area contributed by atoms with Gasteiger partial charge in [-0.25, -0.2) is 14.2 Å². The Hall–Kier alpha value is -2.64. The van der Waals surface area contributed by atoms with Crippen LogP contribution in [0, 0.1) is 11.7 Å². The number of aromatic amines is 1. The zero-order valence-electron chi connectivity index (χ0n) is 16.5. The van der Waals surface area contributed by atoms with Crippen molar-refractivity contribution in [3.8, 4) is 0 Å². The number of rotatable bonds is 5. The molecule has 0 fully saturated rings. The quantitative estimate of drug-likeness (QED) is 0.743. The number of fused-ring (bicyclic) bond motifs is 1. The van der Waals surface area contributed by atoms with Crippen molar-refractivity contribution in [2.75, 3.05) is 0 Å². The zero-order valence-corrected chi connectivity index (χ0v) is 16.5. The van der Waals surface area contributed by atoms with Crippen molar-refractivity contribution in [2.24, 2.45) is 5.92 Å². The standard InChI is InChI=1S/C19H27FN4O3/c1-10(2)15(24-18(26)27-19(4,5)6)17(25)21-11(3)16-22-13-8-7-12(20)9-14(13)23-16/h7-11,15H,1-6H3,(H,21,25)(H,22,23)(H,24,26)/t11?,15-/m0/s1.